The van der Waals surface area contributed by atoms with E-state index >= 15 is 0 Å². The lowest BCUT2D eigenvalue weighted by Crippen LogP contribution is -2.23. The van der Waals surface area contributed by atoms with Gasteiger partial charge >= 0.3 is 0 Å². The fraction of sp³-hybridized carbons (Fsp3) is 0.833. The summed E-state index contributed by atoms with van der Waals surface area (Å²) in [6, 6.07) is 1.73. The third-order valence-electron chi connectivity index (χ3n) is 6.77. The molecule has 0 saturated carbocycles. The van der Waals surface area contributed by atoms with Crippen molar-refractivity contribution in [2.45, 2.75) is 143 Å². The van der Waals surface area contributed by atoms with E-state index < -0.39 is 0 Å². The summed E-state index contributed by atoms with van der Waals surface area (Å²) in [6.07, 6.45) is 25.6. The summed E-state index contributed by atoms with van der Waals surface area (Å²) < 4.78 is 8.02. The van der Waals surface area contributed by atoms with Crippen LogP contribution in [-0.4, -0.2) is 24.3 Å². The van der Waals surface area contributed by atoms with Crippen LogP contribution in [0.15, 0.2) is 17.1 Å². The Kier molecular flexibility index (Phi) is 20.9. The van der Waals surface area contributed by atoms with E-state index in [0.29, 0.717) is 25.4 Å². The first kappa shape index (κ1) is 31.7. The molecule has 0 amide bonds. The van der Waals surface area contributed by atoms with Crippen LogP contribution in [0, 0.1) is 0 Å². The molecule has 0 atom stereocenters. The van der Waals surface area contributed by atoms with Gasteiger partial charge in [-0.25, -0.2) is 0 Å². The summed E-state index contributed by atoms with van der Waals surface area (Å²) in [5, 5.41) is 3.37. The van der Waals surface area contributed by atoms with E-state index in [-0.39, 0.29) is 5.43 Å². The molecular formula is C30H57N3O2. The summed E-state index contributed by atoms with van der Waals surface area (Å²) in [4.78, 5) is 12.5. The first-order valence-corrected chi connectivity index (χ1v) is 15.0. The lowest BCUT2D eigenvalue weighted by atomic mass is 10.0. The van der Waals surface area contributed by atoms with Crippen molar-refractivity contribution in [1.29, 1.82) is 0 Å². The van der Waals surface area contributed by atoms with E-state index in [1.807, 2.05) is 6.20 Å². The maximum absolute atomic E-state index is 12.5. The third kappa shape index (κ3) is 16.9. The molecule has 0 radical (unpaired) electrons. The standard InChI is InChI=1S/C30H57N3O2/c1-3-5-6-7-8-9-10-11-12-13-14-15-16-17-18-19-24-35-30-27-33(23-4-2)28(25-29(30)34)26-32-22-20-21-31/h25,27,32H,3-24,26,31H2,1-2H3. The molecule has 5 nitrogen and oxygen atoms in total. The Morgan fingerprint density at radius 3 is 1.83 bits per heavy atom. The van der Waals surface area contributed by atoms with Crippen molar-refractivity contribution >= 4 is 0 Å². The molecule has 0 aliphatic rings. The zero-order valence-electron chi connectivity index (χ0n) is 23.3. The summed E-state index contributed by atoms with van der Waals surface area (Å²) in [6.45, 7) is 8.20. The van der Waals surface area contributed by atoms with Crippen molar-refractivity contribution in [2.24, 2.45) is 5.73 Å². The van der Waals surface area contributed by atoms with Gasteiger partial charge < -0.3 is 20.4 Å². The van der Waals surface area contributed by atoms with Crippen LogP contribution in [0.5, 0.6) is 5.75 Å². The molecule has 3 N–H and O–H groups in total. The highest BCUT2D eigenvalue weighted by Crippen LogP contribution is 2.14. The van der Waals surface area contributed by atoms with Gasteiger partial charge in [-0.05, 0) is 32.4 Å². The Balaban J connectivity index is 2.07. The lowest BCUT2D eigenvalue weighted by Gasteiger charge is -2.15. The molecule has 1 rings (SSSR count). The number of nitrogens with zero attached hydrogens (tertiary/aromatic N) is 1. The van der Waals surface area contributed by atoms with Crippen molar-refractivity contribution in [3.63, 3.8) is 0 Å². The summed E-state index contributed by atoms with van der Waals surface area (Å²) in [7, 11) is 0. The average molecular weight is 492 g/mol. The number of nitrogens with two attached hydrogens (primary N) is 1. The molecule has 1 aromatic rings. The van der Waals surface area contributed by atoms with Crippen LogP contribution < -0.4 is 21.2 Å². The van der Waals surface area contributed by atoms with Crippen molar-refractivity contribution in [2.75, 3.05) is 19.7 Å². The minimum Gasteiger partial charge on any atom is -0.488 e. The van der Waals surface area contributed by atoms with E-state index in [1.165, 1.54) is 96.3 Å². The van der Waals surface area contributed by atoms with Crippen molar-refractivity contribution in [1.82, 2.24) is 9.88 Å². The van der Waals surface area contributed by atoms with Crippen molar-refractivity contribution < 1.29 is 4.74 Å². The normalized spacial score (nSPS) is 11.3. The maximum Gasteiger partial charge on any atom is 0.223 e. The SMILES string of the molecule is CCCCCCCCCCCCCCCCCCOc1cn(CCC)c(CNCCCN)cc1=O. The zero-order valence-corrected chi connectivity index (χ0v) is 23.3. The van der Waals surface area contributed by atoms with E-state index in [9.17, 15) is 4.79 Å². The van der Waals surface area contributed by atoms with Crippen LogP contribution in [0.1, 0.15) is 135 Å². The van der Waals surface area contributed by atoms with Gasteiger partial charge in [0.15, 0.2) is 5.75 Å². The largest absolute Gasteiger partial charge is 0.488 e. The van der Waals surface area contributed by atoms with Crippen LogP contribution in [0.4, 0.5) is 0 Å². The van der Waals surface area contributed by atoms with E-state index in [1.54, 1.807) is 6.07 Å². The number of nitrogens with one attached hydrogen (secondary N) is 1. The Hall–Kier alpha value is -1.33. The van der Waals surface area contributed by atoms with Crippen molar-refractivity contribution in [3.8, 4) is 5.75 Å². The quantitative estimate of drug-likeness (QED) is 0.140. The molecule has 35 heavy (non-hydrogen) atoms. The zero-order chi connectivity index (χ0) is 25.4. The van der Waals surface area contributed by atoms with Crippen LogP contribution in [0.3, 0.4) is 0 Å². The number of rotatable bonds is 25. The Bertz CT molecular complexity index is 659. The Labute approximate surface area is 216 Å². The number of aromatic nitrogens is 1. The molecule has 0 aromatic carbocycles. The van der Waals surface area contributed by atoms with Gasteiger partial charge in [0.2, 0.25) is 5.43 Å². The summed E-state index contributed by atoms with van der Waals surface area (Å²) in [5.74, 6) is 0.491. The van der Waals surface area contributed by atoms with Gasteiger partial charge in [0.05, 0.1) is 12.8 Å². The lowest BCUT2D eigenvalue weighted by molar-refractivity contribution is 0.298. The molecule has 1 aromatic heterocycles. The van der Waals surface area contributed by atoms with Gasteiger partial charge in [-0.3, -0.25) is 4.79 Å². The molecule has 0 bridgehead atoms. The fourth-order valence-corrected chi connectivity index (χ4v) is 4.58. The molecular weight excluding hydrogens is 434 g/mol. The highest BCUT2D eigenvalue weighted by Gasteiger charge is 2.08. The molecule has 1 heterocycles. The number of aryl methyl sites for hydroxylation is 1. The van der Waals surface area contributed by atoms with E-state index in [4.69, 9.17) is 10.5 Å². The van der Waals surface area contributed by atoms with Crippen LogP contribution in [-0.2, 0) is 13.1 Å². The van der Waals surface area contributed by atoms with Crippen LogP contribution >= 0.6 is 0 Å². The highest BCUT2D eigenvalue weighted by atomic mass is 16.5. The molecule has 204 valence electrons. The Morgan fingerprint density at radius 1 is 0.771 bits per heavy atom. The summed E-state index contributed by atoms with van der Waals surface area (Å²) in [5.41, 5.74) is 6.56. The van der Waals surface area contributed by atoms with Gasteiger partial charge in [-0.15, -0.1) is 0 Å². The average Bonchev–Trinajstić information content (AvgIpc) is 2.86. The van der Waals surface area contributed by atoms with Crippen LogP contribution in [0.25, 0.3) is 0 Å². The minimum atomic E-state index is -0.00975. The van der Waals surface area contributed by atoms with Gasteiger partial charge in [0.25, 0.3) is 0 Å². The second-order valence-corrected chi connectivity index (χ2v) is 10.2. The predicted molar refractivity (Wildman–Crippen MR) is 151 cm³/mol. The first-order chi connectivity index (χ1) is 17.2. The molecule has 5 heteroatoms. The molecule has 0 aliphatic heterocycles. The predicted octanol–water partition coefficient (Wildman–Crippen LogP) is 7.34. The molecule has 0 saturated heterocycles. The summed E-state index contributed by atoms with van der Waals surface area (Å²) >= 11 is 0. The molecule has 0 spiro atoms. The number of hydrogen-bond acceptors (Lipinski definition) is 4. The maximum atomic E-state index is 12.5. The van der Waals surface area contributed by atoms with Crippen LogP contribution in [0.2, 0.25) is 0 Å². The number of hydrogen-bond donors (Lipinski definition) is 2. The highest BCUT2D eigenvalue weighted by molar-refractivity contribution is 5.22. The second-order valence-electron chi connectivity index (χ2n) is 10.2. The minimum absolute atomic E-state index is 0.00975. The number of unbranched alkanes of at least 4 members (excludes halogenated alkanes) is 15. The number of ether oxygens (including phenoxy) is 1. The molecule has 0 fully saturated rings. The van der Waals surface area contributed by atoms with Gasteiger partial charge in [0.1, 0.15) is 0 Å². The van der Waals surface area contributed by atoms with Crippen molar-refractivity contribution in [3.05, 3.63) is 28.2 Å². The van der Waals surface area contributed by atoms with E-state index in [2.05, 4.69) is 23.7 Å². The smallest absolute Gasteiger partial charge is 0.223 e. The first-order valence-electron chi connectivity index (χ1n) is 15.0. The van der Waals surface area contributed by atoms with Gasteiger partial charge in [-0.2, -0.15) is 0 Å². The third-order valence-corrected chi connectivity index (χ3v) is 6.77. The topological polar surface area (TPSA) is 69.3 Å². The molecule has 0 aliphatic carbocycles. The Morgan fingerprint density at radius 2 is 1.31 bits per heavy atom. The van der Waals surface area contributed by atoms with E-state index in [0.717, 1.165) is 38.0 Å². The monoisotopic (exact) mass is 491 g/mol. The van der Waals surface area contributed by atoms with Gasteiger partial charge in [-0.1, -0.05) is 110 Å². The number of pyridine rings is 1. The van der Waals surface area contributed by atoms with Gasteiger partial charge in [0, 0.05) is 24.8 Å². The second kappa shape index (κ2) is 23.1. The molecule has 0 unspecified atom stereocenters. The fourth-order valence-electron chi connectivity index (χ4n) is 4.58.